The molecule has 0 unspecified atom stereocenters. The van der Waals surface area contributed by atoms with Gasteiger partial charge in [-0.3, -0.25) is 10.2 Å². The minimum absolute atomic E-state index is 0.00636. The van der Waals surface area contributed by atoms with E-state index < -0.39 is 11.5 Å². The Balaban J connectivity index is 3.25. The Hall–Kier alpha value is -3.37. The minimum Gasteiger partial charge on any atom is -0.507 e. The zero-order valence-electron chi connectivity index (χ0n) is 9.80. The fourth-order valence-corrected chi connectivity index (χ4v) is 1.25. The van der Waals surface area contributed by atoms with E-state index >= 15 is 0 Å². The van der Waals surface area contributed by atoms with Gasteiger partial charge in [0, 0.05) is 6.07 Å². The van der Waals surface area contributed by atoms with Crippen LogP contribution in [0.25, 0.3) is 0 Å². The number of anilines is 1. The monoisotopic (exact) mass is 253 g/mol. The molecule has 0 bridgehead atoms. The normalized spacial score (nSPS) is 8.53. The second kappa shape index (κ2) is 5.81. The lowest BCUT2D eigenvalue weighted by atomic mass is 10.1. The molecule has 7 heteroatoms. The largest absolute Gasteiger partial charge is 0.507 e. The summed E-state index contributed by atoms with van der Waals surface area (Å²) in [6.45, 7) is 1.25. The number of phenolic OH excluding ortho intramolecular Hbond substituents is 1. The van der Waals surface area contributed by atoms with Crippen LogP contribution in [0.5, 0.6) is 5.75 Å². The third kappa shape index (κ3) is 3.06. The van der Waals surface area contributed by atoms with Crippen LogP contribution in [0.4, 0.5) is 5.69 Å². The molecule has 2 N–H and O–H groups in total. The van der Waals surface area contributed by atoms with Crippen molar-refractivity contribution in [1.82, 2.24) is 0 Å². The van der Waals surface area contributed by atoms with Crippen LogP contribution < -0.4 is 5.43 Å². The first-order valence-corrected chi connectivity index (χ1v) is 4.95. The molecule has 0 amide bonds. The SMILES string of the molecule is CC(=O)c1cc(C#N)c(NN=C(C#N)C#N)cc1O. The highest BCUT2D eigenvalue weighted by molar-refractivity contribution is 6.10. The molecule has 0 aliphatic heterocycles. The lowest BCUT2D eigenvalue weighted by Crippen LogP contribution is -2.01. The van der Waals surface area contributed by atoms with E-state index in [1.807, 2.05) is 6.07 Å². The van der Waals surface area contributed by atoms with Gasteiger partial charge >= 0.3 is 0 Å². The number of hydrogen-bond donors (Lipinski definition) is 2. The van der Waals surface area contributed by atoms with Gasteiger partial charge in [-0.2, -0.15) is 20.9 Å². The summed E-state index contributed by atoms with van der Waals surface area (Å²) in [5.41, 5.74) is 2.05. The second-order valence-corrected chi connectivity index (χ2v) is 3.38. The number of phenols is 1. The summed E-state index contributed by atoms with van der Waals surface area (Å²) in [7, 11) is 0. The van der Waals surface area contributed by atoms with Gasteiger partial charge in [-0.25, -0.2) is 0 Å². The highest BCUT2D eigenvalue weighted by atomic mass is 16.3. The van der Waals surface area contributed by atoms with Crippen molar-refractivity contribution in [2.24, 2.45) is 5.10 Å². The van der Waals surface area contributed by atoms with Crippen molar-refractivity contribution in [3.05, 3.63) is 23.3 Å². The molecule has 0 saturated heterocycles. The molecule has 0 aromatic heterocycles. The maximum atomic E-state index is 11.2. The fourth-order valence-electron chi connectivity index (χ4n) is 1.25. The first-order valence-electron chi connectivity index (χ1n) is 4.95. The van der Waals surface area contributed by atoms with Gasteiger partial charge < -0.3 is 5.11 Å². The smallest absolute Gasteiger partial charge is 0.237 e. The van der Waals surface area contributed by atoms with E-state index in [2.05, 4.69) is 10.5 Å². The number of Topliss-reactive ketones (excluding diaryl/α,β-unsaturated/α-hetero) is 1. The molecule has 0 atom stereocenters. The Morgan fingerprint density at radius 1 is 1.32 bits per heavy atom. The molecule has 0 aliphatic rings. The number of nitrogens with one attached hydrogen (secondary N) is 1. The fraction of sp³-hybridized carbons (Fsp3) is 0.0833. The van der Waals surface area contributed by atoms with E-state index in [-0.39, 0.29) is 22.6 Å². The minimum atomic E-state index is -0.431. The highest BCUT2D eigenvalue weighted by Crippen LogP contribution is 2.26. The Morgan fingerprint density at radius 2 is 1.95 bits per heavy atom. The quantitative estimate of drug-likeness (QED) is 0.473. The van der Waals surface area contributed by atoms with E-state index in [1.165, 1.54) is 25.1 Å². The van der Waals surface area contributed by atoms with Crippen molar-refractivity contribution in [1.29, 1.82) is 15.8 Å². The number of carbonyl (C=O) groups is 1. The van der Waals surface area contributed by atoms with Crippen LogP contribution in [0.2, 0.25) is 0 Å². The van der Waals surface area contributed by atoms with Gasteiger partial charge in [0.05, 0.1) is 16.8 Å². The lowest BCUT2D eigenvalue weighted by Gasteiger charge is -2.06. The van der Waals surface area contributed by atoms with Gasteiger partial charge in [0.1, 0.15) is 24.0 Å². The molecule has 7 nitrogen and oxygen atoms in total. The summed E-state index contributed by atoms with van der Waals surface area (Å²) in [5, 5.41) is 39.0. The van der Waals surface area contributed by atoms with E-state index in [4.69, 9.17) is 15.8 Å². The molecule has 19 heavy (non-hydrogen) atoms. The van der Waals surface area contributed by atoms with Gasteiger partial charge in [-0.1, -0.05) is 0 Å². The standard InChI is InChI=1S/C12H7N5O2/c1-7(18)10-2-8(4-13)11(3-12(10)19)17-16-9(5-14)6-15/h2-3,17,19H,1H3. The van der Waals surface area contributed by atoms with Crippen LogP contribution in [-0.2, 0) is 0 Å². The first kappa shape index (κ1) is 13.7. The number of benzene rings is 1. The van der Waals surface area contributed by atoms with Crippen molar-refractivity contribution >= 4 is 17.2 Å². The molecule has 92 valence electrons. The van der Waals surface area contributed by atoms with E-state index in [1.54, 1.807) is 0 Å². The van der Waals surface area contributed by atoms with Gasteiger partial charge in [0.2, 0.25) is 5.71 Å². The Bertz CT molecular complexity index is 670. The molecule has 0 aliphatic carbocycles. The molecule has 1 aromatic carbocycles. The van der Waals surface area contributed by atoms with Crippen molar-refractivity contribution < 1.29 is 9.90 Å². The van der Waals surface area contributed by atoms with Crippen LogP contribution in [0.15, 0.2) is 17.2 Å². The molecule has 0 heterocycles. The van der Waals surface area contributed by atoms with Crippen LogP contribution in [0.1, 0.15) is 22.8 Å². The molecular formula is C12H7N5O2. The van der Waals surface area contributed by atoms with E-state index in [9.17, 15) is 9.90 Å². The molecule has 0 spiro atoms. The topological polar surface area (TPSA) is 133 Å². The summed E-state index contributed by atoms with van der Waals surface area (Å²) in [6.07, 6.45) is 0. The third-order valence-corrected chi connectivity index (χ3v) is 2.14. The maximum absolute atomic E-state index is 11.2. The molecule has 1 aromatic rings. The highest BCUT2D eigenvalue weighted by Gasteiger charge is 2.12. The average Bonchev–Trinajstić information content (AvgIpc) is 2.39. The second-order valence-electron chi connectivity index (χ2n) is 3.38. The number of aromatic hydroxyl groups is 1. The van der Waals surface area contributed by atoms with E-state index in [0.717, 1.165) is 6.07 Å². The zero-order valence-corrected chi connectivity index (χ0v) is 9.80. The number of hydrogen-bond acceptors (Lipinski definition) is 7. The average molecular weight is 253 g/mol. The third-order valence-electron chi connectivity index (χ3n) is 2.14. The first-order chi connectivity index (χ1) is 9.03. The number of nitriles is 3. The number of carbonyl (C=O) groups excluding carboxylic acids is 1. The molecule has 0 saturated carbocycles. The summed E-state index contributed by atoms with van der Waals surface area (Å²) in [6, 6.07) is 7.21. The summed E-state index contributed by atoms with van der Waals surface area (Å²) in [4.78, 5) is 11.2. The van der Waals surface area contributed by atoms with Crippen molar-refractivity contribution in [3.8, 4) is 24.0 Å². The van der Waals surface area contributed by atoms with Crippen LogP contribution >= 0.6 is 0 Å². The lowest BCUT2D eigenvalue weighted by molar-refractivity contribution is 0.101. The van der Waals surface area contributed by atoms with Gasteiger partial charge in [0.15, 0.2) is 5.78 Å². The summed E-state index contributed by atoms with van der Waals surface area (Å²) in [5.74, 6) is -0.710. The number of nitrogens with zero attached hydrogens (tertiary/aromatic N) is 4. The summed E-state index contributed by atoms with van der Waals surface area (Å²) >= 11 is 0. The van der Waals surface area contributed by atoms with Crippen LogP contribution in [0.3, 0.4) is 0 Å². The predicted molar refractivity (Wildman–Crippen MR) is 65.1 cm³/mol. The van der Waals surface area contributed by atoms with Gasteiger partial charge in [-0.15, -0.1) is 0 Å². The van der Waals surface area contributed by atoms with Crippen LogP contribution in [0, 0.1) is 34.0 Å². The molecule has 0 radical (unpaired) electrons. The number of ketones is 1. The Kier molecular flexibility index (Phi) is 4.19. The van der Waals surface area contributed by atoms with E-state index in [0.29, 0.717) is 0 Å². The number of hydrazone groups is 1. The zero-order chi connectivity index (χ0) is 14.4. The number of rotatable bonds is 3. The van der Waals surface area contributed by atoms with Crippen molar-refractivity contribution in [2.45, 2.75) is 6.92 Å². The van der Waals surface area contributed by atoms with Crippen molar-refractivity contribution in [2.75, 3.05) is 5.43 Å². The summed E-state index contributed by atoms with van der Waals surface area (Å²) < 4.78 is 0. The Labute approximate surface area is 108 Å². The van der Waals surface area contributed by atoms with Crippen LogP contribution in [-0.4, -0.2) is 16.6 Å². The molecule has 1 rings (SSSR count). The molecule has 0 fully saturated rings. The van der Waals surface area contributed by atoms with Gasteiger partial charge in [-0.05, 0) is 13.0 Å². The van der Waals surface area contributed by atoms with Crippen molar-refractivity contribution in [3.63, 3.8) is 0 Å². The predicted octanol–water partition coefficient (Wildman–Crippen LogP) is 1.28. The molecular weight excluding hydrogens is 246 g/mol. The Morgan fingerprint density at radius 3 is 2.42 bits per heavy atom. The van der Waals surface area contributed by atoms with Gasteiger partial charge in [0.25, 0.3) is 0 Å². The maximum Gasteiger partial charge on any atom is 0.237 e.